The van der Waals surface area contributed by atoms with Crippen molar-refractivity contribution < 1.29 is 14.3 Å². The second-order valence-corrected chi connectivity index (χ2v) is 4.89. The molecule has 0 unspecified atom stereocenters. The average molecular weight is 231 g/mol. The van der Waals surface area contributed by atoms with Gasteiger partial charge in [-0.2, -0.15) is 0 Å². The minimum absolute atomic E-state index is 0.00960. The molecule has 1 heterocycles. The van der Waals surface area contributed by atoms with Gasteiger partial charge in [0, 0.05) is 17.9 Å². The number of carbonyl (C=O) groups excluding carboxylic acids is 1. The zero-order chi connectivity index (χ0) is 11.6. The van der Waals surface area contributed by atoms with E-state index >= 15 is 0 Å². The Kier molecular flexibility index (Phi) is 3.57. The first-order valence-corrected chi connectivity index (χ1v) is 5.48. The van der Waals surface area contributed by atoms with Crippen molar-refractivity contribution in [3.8, 4) is 0 Å². The second-order valence-electron chi connectivity index (χ2n) is 3.80. The maximum absolute atomic E-state index is 13.4. The summed E-state index contributed by atoms with van der Waals surface area (Å²) in [6.07, 6.45) is 0.462. The van der Waals surface area contributed by atoms with Crippen molar-refractivity contribution in [2.24, 2.45) is 0 Å². The van der Waals surface area contributed by atoms with Crippen LogP contribution in [0.15, 0.2) is 0 Å². The maximum Gasteiger partial charge on any atom is 0.227 e. The van der Waals surface area contributed by atoms with Gasteiger partial charge in [0.25, 0.3) is 0 Å². The molecule has 0 aliphatic heterocycles. The summed E-state index contributed by atoms with van der Waals surface area (Å²) < 4.78 is 13.4. The number of ketones is 1. The Hall–Kier alpha value is -0.810. The fourth-order valence-electron chi connectivity index (χ4n) is 1.11. The fraction of sp³-hybridized carbons (Fsp3) is 0.600. The van der Waals surface area contributed by atoms with E-state index in [0.717, 1.165) is 16.2 Å². The lowest BCUT2D eigenvalue weighted by Crippen LogP contribution is -2.25. The Morgan fingerprint density at radius 3 is 2.67 bits per heavy atom. The van der Waals surface area contributed by atoms with Crippen molar-refractivity contribution in [3.05, 3.63) is 15.6 Å². The van der Waals surface area contributed by atoms with E-state index in [1.54, 1.807) is 6.92 Å². The minimum Gasteiger partial charge on any atom is -0.396 e. The zero-order valence-corrected chi connectivity index (χ0v) is 9.82. The van der Waals surface area contributed by atoms with Gasteiger partial charge in [-0.05, 0) is 20.8 Å². The van der Waals surface area contributed by atoms with Crippen LogP contribution in [0.2, 0.25) is 0 Å². The van der Waals surface area contributed by atoms with E-state index in [2.05, 4.69) is 4.98 Å². The number of halogens is 1. The highest BCUT2D eigenvalue weighted by atomic mass is 32.1. The lowest BCUT2D eigenvalue weighted by Gasteiger charge is -2.09. The molecule has 1 N–H and O–H groups in total. The van der Waals surface area contributed by atoms with Gasteiger partial charge in [0.15, 0.2) is 10.7 Å². The first-order chi connectivity index (χ1) is 6.86. The second kappa shape index (κ2) is 4.37. The van der Waals surface area contributed by atoms with Crippen molar-refractivity contribution in [1.82, 2.24) is 4.98 Å². The molecular formula is C10H14FNO2S. The number of aliphatic hydroxyl groups excluding tert-OH is 1. The first kappa shape index (κ1) is 12.3. The zero-order valence-electron chi connectivity index (χ0n) is 9.00. The lowest BCUT2D eigenvalue weighted by molar-refractivity contribution is 0.0759. The molecular weight excluding hydrogens is 217 g/mol. The molecule has 0 fully saturated rings. The highest BCUT2D eigenvalue weighted by Crippen LogP contribution is 2.24. The molecule has 0 aliphatic carbocycles. The van der Waals surface area contributed by atoms with Crippen molar-refractivity contribution >= 4 is 17.1 Å². The number of nitrogens with zero attached hydrogens (tertiary/aromatic N) is 1. The van der Waals surface area contributed by atoms with Gasteiger partial charge in [-0.3, -0.25) is 4.79 Å². The summed E-state index contributed by atoms with van der Waals surface area (Å²) in [6.45, 7) is 4.20. The third kappa shape index (κ3) is 2.82. The highest BCUT2D eigenvalue weighted by Gasteiger charge is 2.30. The predicted molar refractivity (Wildman–Crippen MR) is 57.2 cm³/mol. The molecule has 0 spiro atoms. The SMILES string of the molecule is Cc1nc(C(=O)C(C)(C)F)sc1CCO. The molecule has 15 heavy (non-hydrogen) atoms. The Morgan fingerprint density at radius 1 is 1.60 bits per heavy atom. The lowest BCUT2D eigenvalue weighted by atomic mass is 10.1. The van der Waals surface area contributed by atoms with E-state index in [4.69, 9.17) is 5.11 Å². The fourth-order valence-corrected chi connectivity index (χ4v) is 2.25. The third-order valence-corrected chi connectivity index (χ3v) is 3.18. The molecule has 0 radical (unpaired) electrons. The summed E-state index contributed by atoms with van der Waals surface area (Å²) in [4.78, 5) is 16.4. The van der Waals surface area contributed by atoms with Gasteiger partial charge in [0.05, 0.1) is 5.69 Å². The van der Waals surface area contributed by atoms with E-state index in [9.17, 15) is 9.18 Å². The van der Waals surface area contributed by atoms with Crippen LogP contribution in [-0.2, 0) is 6.42 Å². The quantitative estimate of drug-likeness (QED) is 0.805. The molecule has 0 aromatic carbocycles. The molecule has 84 valence electrons. The average Bonchev–Trinajstić information content (AvgIpc) is 2.46. The van der Waals surface area contributed by atoms with Gasteiger partial charge < -0.3 is 5.11 Å². The van der Waals surface area contributed by atoms with E-state index < -0.39 is 11.5 Å². The van der Waals surface area contributed by atoms with Crippen LogP contribution >= 0.6 is 11.3 Å². The van der Waals surface area contributed by atoms with E-state index in [-0.39, 0.29) is 11.6 Å². The normalized spacial score (nSPS) is 11.8. The molecule has 0 atom stereocenters. The van der Waals surface area contributed by atoms with Crippen molar-refractivity contribution in [3.63, 3.8) is 0 Å². The number of hydrogen-bond acceptors (Lipinski definition) is 4. The number of aromatic nitrogens is 1. The Labute approximate surface area is 92.0 Å². The molecule has 1 rings (SSSR count). The summed E-state index contributed by atoms with van der Waals surface area (Å²) in [6, 6.07) is 0. The topological polar surface area (TPSA) is 50.2 Å². The Bertz CT molecular complexity index is 368. The number of thiazole rings is 1. The van der Waals surface area contributed by atoms with Crippen LogP contribution in [0.4, 0.5) is 4.39 Å². The monoisotopic (exact) mass is 231 g/mol. The van der Waals surface area contributed by atoms with Gasteiger partial charge in [0.1, 0.15) is 0 Å². The largest absolute Gasteiger partial charge is 0.396 e. The first-order valence-electron chi connectivity index (χ1n) is 4.67. The molecule has 1 aromatic rings. The van der Waals surface area contributed by atoms with Gasteiger partial charge in [0.2, 0.25) is 5.78 Å². The van der Waals surface area contributed by atoms with Crippen LogP contribution in [-0.4, -0.2) is 28.1 Å². The van der Waals surface area contributed by atoms with Crippen LogP contribution < -0.4 is 0 Å². The van der Waals surface area contributed by atoms with Gasteiger partial charge in [-0.15, -0.1) is 11.3 Å². The number of rotatable bonds is 4. The third-order valence-electron chi connectivity index (χ3n) is 1.97. The summed E-state index contributed by atoms with van der Waals surface area (Å²) >= 11 is 1.16. The summed E-state index contributed by atoms with van der Waals surface area (Å²) in [5, 5.41) is 8.96. The van der Waals surface area contributed by atoms with Crippen molar-refractivity contribution in [2.75, 3.05) is 6.61 Å². The molecule has 3 nitrogen and oxygen atoms in total. The molecule has 1 aromatic heterocycles. The number of aliphatic hydroxyl groups is 1. The van der Waals surface area contributed by atoms with E-state index in [1.165, 1.54) is 13.8 Å². The van der Waals surface area contributed by atoms with Gasteiger partial charge >= 0.3 is 0 Å². The smallest absolute Gasteiger partial charge is 0.227 e. The summed E-state index contributed by atoms with van der Waals surface area (Å²) in [7, 11) is 0. The van der Waals surface area contributed by atoms with Crippen LogP contribution in [0.1, 0.15) is 34.2 Å². The molecule has 0 bridgehead atoms. The van der Waals surface area contributed by atoms with Crippen molar-refractivity contribution in [2.45, 2.75) is 32.9 Å². The van der Waals surface area contributed by atoms with Gasteiger partial charge in [-0.1, -0.05) is 0 Å². The Balaban J connectivity index is 2.97. The van der Waals surface area contributed by atoms with E-state index in [1.807, 2.05) is 0 Å². The highest BCUT2D eigenvalue weighted by molar-refractivity contribution is 7.13. The molecule has 0 saturated heterocycles. The van der Waals surface area contributed by atoms with Gasteiger partial charge in [-0.25, -0.2) is 9.37 Å². The minimum atomic E-state index is -1.89. The molecule has 0 amide bonds. The molecule has 5 heteroatoms. The predicted octanol–water partition coefficient (Wildman–Crippen LogP) is 1.92. The maximum atomic E-state index is 13.4. The van der Waals surface area contributed by atoms with Crippen LogP contribution in [0.5, 0.6) is 0 Å². The summed E-state index contributed by atoms with van der Waals surface area (Å²) in [5.41, 5.74) is -1.19. The number of Topliss-reactive ketones (excluding diaryl/α,β-unsaturated/α-hetero) is 1. The molecule has 0 saturated carbocycles. The van der Waals surface area contributed by atoms with Crippen LogP contribution in [0.25, 0.3) is 0 Å². The summed E-state index contributed by atoms with van der Waals surface area (Å²) in [5.74, 6) is -0.597. The van der Waals surface area contributed by atoms with Crippen molar-refractivity contribution in [1.29, 1.82) is 0 Å². The number of carbonyl (C=O) groups is 1. The van der Waals surface area contributed by atoms with Crippen LogP contribution in [0.3, 0.4) is 0 Å². The van der Waals surface area contributed by atoms with E-state index in [0.29, 0.717) is 12.1 Å². The molecule has 0 aliphatic rings. The number of alkyl halides is 1. The number of hydrogen-bond donors (Lipinski definition) is 1. The van der Waals surface area contributed by atoms with Crippen LogP contribution in [0, 0.1) is 6.92 Å². The standard InChI is InChI=1S/C10H14FNO2S/c1-6-7(4-5-13)15-9(12-6)8(14)10(2,3)11/h13H,4-5H2,1-3H3. The Morgan fingerprint density at radius 2 is 2.20 bits per heavy atom. The number of aryl methyl sites for hydroxylation is 1.